The predicted octanol–water partition coefficient (Wildman–Crippen LogP) is 27.6. The van der Waals surface area contributed by atoms with Crippen LogP contribution in [0.25, 0.3) is 0 Å². The number of phosphoric acid groups is 2. The van der Waals surface area contributed by atoms with Gasteiger partial charge in [-0.2, -0.15) is 0 Å². The van der Waals surface area contributed by atoms with Crippen molar-refractivity contribution in [2.45, 2.75) is 497 Å². The maximum Gasteiger partial charge on any atom is 0.472 e. The zero-order valence-corrected chi connectivity index (χ0v) is 73.8. The minimum Gasteiger partial charge on any atom is -0.462 e. The molecule has 0 fully saturated rings. The fourth-order valence-corrected chi connectivity index (χ4v) is 15.6. The van der Waals surface area contributed by atoms with Gasteiger partial charge < -0.3 is 33.8 Å². The molecule has 0 saturated carbocycles. The molecule has 0 spiro atoms. The van der Waals surface area contributed by atoms with Gasteiger partial charge in [0.15, 0.2) is 12.2 Å². The SMILES string of the molecule is CCCCCCCCCCCCCCCCCCCCCCCC(=O)O[C@H](COC(=O)CCCCCCCCCCCCCCCCCC(C)C)COP(=O)(O)OC[C@@H](O)COP(=O)(O)OC[C@@H](COC(=O)CCCCCCCCCCCC(C)C)OC(=O)CCCCCCCCCCCCCCCCC(C)CC. The standard InChI is InChI=1S/C90H176O17P2/c1-8-10-11-12-13-14-15-16-17-18-19-20-21-22-25-32-37-44-52-59-66-73-89(94)106-85(77-100-87(92)71-64-57-50-43-36-31-26-23-24-29-34-40-47-54-61-68-81(3)4)79-104-108(96,97)102-75-84(91)76-103-109(98,99)105-80-86(78-101-88(93)72-65-58-51-46-39-41-48-55-62-69-82(5)6)107-90(95)74-67-60-53-45-38-33-28-27-30-35-42-49-56-63-70-83(7)9-2/h81-86,91H,8-80H2,1-7H3,(H,96,97)(H,98,99)/t83?,84-,85-,86-/m1/s1. The van der Waals surface area contributed by atoms with Gasteiger partial charge in [-0.25, -0.2) is 9.13 Å². The smallest absolute Gasteiger partial charge is 0.462 e. The number of unbranched alkanes of at least 4 members (excludes halogenated alkanes) is 55. The summed E-state index contributed by atoms with van der Waals surface area (Å²) in [6.45, 7) is 12.1. The highest BCUT2D eigenvalue weighted by Gasteiger charge is 2.31. The third-order valence-electron chi connectivity index (χ3n) is 21.5. The molecular formula is C90H176O17P2. The molecule has 0 aliphatic rings. The molecular weight excluding hydrogens is 1410 g/mol. The van der Waals surface area contributed by atoms with Gasteiger partial charge in [0, 0.05) is 25.7 Å². The van der Waals surface area contributed by atoms with Gasteiger partial charge in [0.05, 0.1) is 26.4 Å². The van der Waals surface area contributed by atoms with Crippen molar-refractivity contribution in [1.82, 2.24) is 0 Å². The van der Waals surface area contributed by atoms with Gasteiger partial charge in [0.2, 0.25) is 0 Å². The molecule has 6 atom stereocenters. The van der Waals surface area contributed by atoms with Gasteiger partial charge in [0.1, 0.15) is 19.3 Å². The lowest BCUT2D eigenvalue weighted by atomic mass is 9.99. The lowest BCUT2D eigenvalue weighted by Crippen LogP contribution is -2.30. The van der Waals surface area contributed by atoms with E-state index in [0.29, 0.717) is 25.7 Å². The van der Waals surface area contributed by atoms with Crippen LogP contribution >= 0.6 is 15.6 Å². The Balaban J connectivity index is 5.26. The molecule has 0 bridgehead atoms. The van der Waals surface area contributed by atoms with E-state index in [2.05, 4.69) is 48.5 Å². The maximum absolute atomic E-state index is 13.2. The molecule has 0 amide bonds. The lowest BCUT2D eigenvalue weighted by molar-refractivity contribution is -0.161. The molecule has 19 heteroatoms. The van der Waals surface area contributed by atoms with Crippen LogP contribution in [0.2, 0.25) is 0 Å². The van der Waals surface area contributed by atoms with Crippen LogP contribution in [-0.4, -0.2) is 96.7 Å². The van der Waals surface area contributed by atoms with Crippen LogP contribution in [0, 0.1) is 17.8 Å². The van der Waals surface area contributed by atoms with E-state index in [1.54, 1.807) is 0 Å². The molecule has 17 nitrogen and oxygen atoms in total. The van der Waals surface area contributed by atoms with E-state index in [9.17, 15) is 43.2 Å². The summed E-state index contributed by atoms with van der Waals surface area (Å²) >= 11 is 0. The van der Waals surface area contributed by atoms with Crippen molar-refractivity contribution in [3.63, 3.8) is 0 Å². The average molecular weight is 1590 g/mol. The fraction of sp³-hybridized carbons (Fsp3) is 0.956. The van der Waals surface area contributed by atoms with Crippen molar-refractivity contribution in [2.75, 3.05) is 39.6 Å². The second-order valence-corrected chi connectivity index (χ2v) is 36.4. The normalized spacial score (nSPS) is 14.1. The van der Waals surface area contributed by atoms with E-state index in [1.165, 1.54) is 289 Å². The first-order valence-electron chi connectivity index (χ1n) is 46.4. The number of carbonyl (C=O) groups excluding carboxylic acids is 4. The first kappa shape index (κ1) is 107. The molecule has 0 rings (SSSR count). The number of phosphoric ester groups is 2. The Morgan fingerprint density at radius 3 is 0.697 bits per heavy atom. The van der Waals surface area contributed by atoms with Crippen molar-refractivity contribution in [2.24, 2.45) is 17.8 Å². The van der Waals surface area contributed by atoms with Crippen LogP contribution < -0.4 is 0 Å². The Morgan fingerprint density at radius 1 is 0.266 bits per heavy atom. The first-order valence-corrected chi connectivity index (χ1v) is 49.4. The second-order valence-electron chi connectivity index (χ2n) is 33.5. The zero-order valence-electron chi connectivity index (χ0n) is 72.0. The first-order chi connectivity index (χ1) is 52.8. The number of ether oxygens (including phenoxy) is 4. The van der Waals surface area contributed by atoms with E-state index in [4.69, 9.17) is 37.0 Å². The van der Waals surface area contributed by atoms with E-state index >= 15 is 0 Å². The Kier molecular flexibility index (Phi) is 78.5. The summed E-state index contributed by atoms with van der Waals surface area (Å²) in [5.41, 5.74) is 0. The van der Waals surface area contributed by atoms with Crippen LogP contribution in [0.4, 0.5) is 0 Å². The van der Waals surface area contributed by atoms with E-state index in [1.807, 2.05) is 0 Å². The summed E-state index contributed by atoms with van der Waals surface area (Å²) in [6.07, 6.45) is 72.2. The molecule has 3 N–H and O–H groups in total. The number of hydrogen-bond acceptors (Lipinski definition) is 15. The summed E-state index contributed by atoms with van der Waals surface area (Å²) in [5.74, 6) is 0.296. The molecule has 0 aliphatic carbocycles. The Morgan fingerprint density at radius 2 is 0.468 bits per heavy atom. The van der Waals surface area contributed by atoms with Crippen LogP contribution in [0.5, 0.6) is 0 Å². The maximum atomic E-state index is 13.2. The predicted molar refractivity (Wildman–Crippen MR) is 451 cm³/mol. The van der Waals surface area contributed by atoms with Crippen LogP contribution in [0.1, 0.15) is 479 Å². The molecule has 109 heavy (non-hydrogen) atoms. The molecule has 0 aromatic rings. The highest BCUT2D eigenvalue weighted by Crippen LogP contribution is 2.45. The number of aliphatic hydroxyl groups excluding tert-OH is 1. The number of rotatable bonds is 88. The summed E-state index contributed by atoms with van der Waals surface area (Å²) in [4.78, 5) is 73.4. The van der Waals surface area contributed by atoms with E-state index in [0.717, 1.165) is 108 Å². The highest BCUT2D eigenvalue weighted by molar-refractivity contribution is 7.47. The van der Waals surface area contributed by atoms with Crippen molar-refractivity contribution in [3.05, 3.63) is 0 Å². The number of carbonyl (C=O) groups is 4. The van der Waals surface area contributed by atoms with Crippen molar-refractivity contribution in [3.8, 4) is 0 Å². The fourth-order valence-electron chi connectivity index (χ4n) is 14.0. The topological polar surface area (TPSA) is 237 Å². The summed E-state index contributed by atoms with van der Waals surface area (Å²) in [7, 11) is -9.94. The second kappa shape index (κ2) is 79.9. The van der Waals surface area contributed by atoms with Gasteiger partial charge in [-0.1, -0.05) is 427 Å². The Labute approximate surface area is 670 Å². The third-order valence-corrected chi connectivity index (χ3v) is 23.4. The number of aliphatic hydroxyl groups is 1. The Hall–Kier alpha value is -1.94. The summed E-state index contributed by atoms with van der Waals surface area (Å²) in [6, 6.07) is 0. The van der Waals surface area contributed by atoms with Gasteiger partial charge in [0.25, 0.3) is 0 Å². The summed E-state index contributed by atoms with van der Waals surface area (Å²) < 4.78 is 69.1. The van der Waals surface area contributed by atoms with Gasteiger partial charge in [-0.15, -0.1) is 0 Å². The van der Waals surface area contributed by atoms with Crippen molar-refractivity contribution in [1.29, 1.82) is 0 Å². The van der Waals surface area contributed by atoms with E-state index < -0.39 is 97.5 Å². The molecule has 0 aromatic heterocycles. The molecule has 3 unspecified atom stereocenters. The minimum absolute atomic E-state index is 0.107. The minimum atomic E-state index is -4.97. The molecule has 0 saturated heterocycles. The summed E-state index contributed by atoms with van der Waals surface area (Å²) in [5, 5.41) is 10.7. The Bertz CT molecular complexity index is 2100. The molecule has 0 aliphatic heterocycles. The quantitative estimate of drug-likeness (QED) is 0.0222. The largest absolute Gasteiger partial charge is 0.472 e. The average Bonchev–Trinajstić information content (AvgIpc) is 0.897. The molecule has 0 aromatic carbocycles. The molecule has 0 heterocycles. The van der Waals surface area contributed by atoms with Crippen molar-refractivity contribution >= 4 is 39.5 Å². The van der Waals surface area contributed by atoms with Crippen LogP contribution in [-0.2, 0) is 65.4 Å². The monoisotopic (exact) mass is 1590 g/mol. The van der Waals surface area contributed by atoms with Crippen LogP contribution in [0.15, 0.2) is 0 Å². The van der Waals surface area contributed by atoms with E-state index in [-0.39, 0.29) is 25.7 Å². The molecule has 0 radical (unpaired) electrons. The lowest BCUT2D eigenvalue weighted by Gasteiger charge is -2.21. The number of hydrogen-bond donors (Lipinski definition) is 3. The van der Waals surface area contributed by atoms with Crippen molar-refractivity contribution < 1.29 is 80.2 Å². The van der Waals surface area contributed by atoms with Crippen LogP contribution in [0.3, 0.4) is 0 Å². The number of esters is 4. The highest BCUT2D eigenvalue weighted by atomic mass is 31.2. The third kappa shape index (κ3) is 82.4. The van der Waals surface area contributed by atoms with Gasteiger partial charge >= 0.3 is 39.5 Å². The van der Waals surface area contributed by atoms with Gasteiger partial charge in [-0.05, 0) is 43.4 Å². The molecule has 648 valence electrons. The van der Waals surface area contributed by atoms with Gasteiger partial charge in [-0.3, -0.25) is 37.3 Å². The zero-order chi connectivity index (χ0) is 80.0.